The fourth-order valence-electron chi connectivity index (χ4n) is 0.853. The van der Waals surface area contributed by atoms with E-state index in [9.17, 15) is 4.79 Å². The van der Waals surface area contributed by atoms with Crippen LogP contribution in [0.5, 0.6) is 0 Å². The second kappa shape index (κ2) is 4.61. The van der Waals surface area contributed by atoms with E-state index in [1.165, 1.54) is 0 Å². The highest BCUT2D eigenvalue weighted by Crippen LogP contribution is 2.24. The summed E-state index contributed by atoms with van der Waals surface area (Å²) >= 11 is 3.49. The molecule has 0 bridgehead atoms. The van der Waals surface area contributed by atoms with Gasteiger partial charge in [-0.3, -0.25) is 4.84 Å². The van der Waals surface area contributed by atoms with Crippen molar-refractivity contribution in [3.8, 4) is 0 Å². The van der Waals surface area contributed by atoms with E-state index in [1.807, 2.05) is 6.26 Å². The molecule has 0 radical (unpaired) electrons. The van der Waals surface area contributed by atoms with Crippen LogP contribution in [0.2, 0.25) is 0 Å². The molecule has 0 aromatic heterocycles. The molecule has 6 heteroatoms. The molecule has 0 aromatic rings. The van der Waals surface area contributed by atoms with Crippen LogP contribution in [0, 0.1) is 0 Å². The number of carbonyl (C=O) groups excluding carboxylic acids is 1. The second-order valence-corrected chi connectivity index (χ2v) is 4.30. The first-order valence-electron chi connectivity index (χ1n) is 3.37. The molecule has 2 N–H and O–H groups in total. The molecular weight excluding hydrogens is 196 g/mol. The van der Waals surface area contributed by atoms with E-state index in [-0.39, 0.29) is 0 Å². The Morgan fingerprint density at radius 3 is 3.25 bits per heavy atom. The van der Waals surface area contributed by atoms with Gasteiger partial charge in [0.1, 0.15) is 0 Å². The van der Waals surface area contributed by atoms with Gasteiger partial charge in [0.15, 0.2) is 0 Å². The van der Waals surface area contributed by atoms with Crippen LogP contribution in [0.4, 0.5) is 4.79 Å². The predicted molar refractivity (Wildman–Crippen MR) is 52.7 cm³/mol. The van der Waals surface area contributed by atoms with Gasteiger partial charge in [-0.05, 0) is 6.26 Å². The van der Waals surface area contributed by atoms with Crippen LogP contribution in [0.15, 0.2) is 5.16 Å². The first-order chi connectivity index (χ1) is 5.74. The Labute approximate surface area is 79.3 Å². The topological polar surface area (TPSA) is 64.7 Å². The smallest absolute Gasteiger partial charge is 0.333 e. The first-order valence-corrected chi connectivity index (χ1v) is 5.82. The Balaban J connectivity index is 2.48. The Kier molecular flexibility index (Phi) is 3.74. The Morgan fingerprint density at radius 2 is 2.67 bits per heavy atom. The first kappa shape index (κ1) is 9.73. The summed E-state index contributed by atoms with van der Waals surface area (Å²) in [5, 5.41) is 4.05. The maximum absolute atomic E-state index is 10.2. The summed E-state index contributed by atoms with van der Waals surface area (Å²) in [5.41, 5.74) is 5.68. The zero-order chi connectivity index (χ0) is 8.97. The summed E-state index contributed by atoms with van der Waals surface area (Å²) in [6.07, 6.45) is 1.16. The molecule has 4 nitrogen and oxygen atoms in total. The van der Waals surface area contributed by atoms with E-state index >= 15 is 0 Å². The number of hydrogen-bond donors (Lipinski definition) is 1. The molecule has 0 aromatic carbocycles. The summed E-state index contributed by atoms with van der Waals surface area (Å²) in [6.45, 7) is 0. The number of nitrogens with zero attached hydrogens (tertiary/aromatic N) is 1. The third-order valence-electron chi connectivity index (χ3n) is 1.43. The van der Waals surface area contributed by atoms with Crippen LogP contribution in [0.25, 0.3) is 0 Å². The van der Waals surface area contributed by atoms with Crippen molar-refractivity contribution in [1.29, 1.82) is 0 Å². The number of carbonyl (C=O) groups is 1. The molecule has 0 spiro atoms. The highest BCUT2D eigenvalue weighted by atomic mass is 32.2. The van der Waals surface area contributed by atoms with E-state index in [2.05, 4.69) is 9.99 Å². The minimum Gasteiger partial charge on any atom is -0.333 e. The SMILES string of the molecule is CSC1CSCC1=NOC(N)=O. The molecule has 1 atom stereocenters. The van der Waals surface area contributed by atoms with Crippen molar-refractivity contribution in [2.45, 2.75) is 5.25 Å². The van der Waals surface area contributed by atoms with Crippen LogP contribution in [0.3, 0.4) is 0 Å². The fourth-order valence-corrected chi connectivity index (χ4v) is 3.18. The van der Waals surface area contributed by atoms with Gasteiger partial charge in [0.2, 0.25) is 0 Å². The van der Waals surface area contributed by atoms with Crippen LogP contribution < -0.4 is 5.73 Å². The van der Waals surface area contributed by atoms with Crippen molar-refractivity contribution in [1.82, 2.24) is 0 Å². The Morgan fingerprint density at radius 1 is 1.92 bits per heavy atom. The Hall–Kier alpha value is -0.360. The molecule has 1 rings (SSSR count). The molecule has 1 saturated heterocycles. The van der Waals surface area contributed by atoms with Crippen molar-refractivity contribution in [3.63, 3.8) is 0 Å². The maximum Gasteiger partial charge on any atom is 0.430 e. The summed E-state index contributed by atoms with van der Waals surface area (Å²) in [7, 11) is 0. The number of primary amides is 1. The average Bonchev–Trinajstić information content (AvgIpc) is 2.47. The van der Waals surface area contributed by atoms with Crippen molar-refractivity contribution in [2.24, 2.45) is 10.9 Å². The van der Waals surface area contributed by atoms with Crippen molar-refractivity contribution in [3.05, 3.63) is 0 Å². The lowest BCUT2D eigenvalue weighted by molar-refractivity contribution is 0.161. The minimum atomic E-state index is -0.848. The van der Waals surface area contributed by atoms with E-state index in [0.29, 0.717) is 5.25 Å². The molecule has 68 valence electrons. The van der Waals surface area contributed by atoms with Gasteiger partial charge in [0, 0.05) is 11.5 Å². The lowest BCUT2D eigenvalue weighted by atomic mass is 10.3. The molecule has 1 fully saturated rings. The lowest BCUT2D eigenvalue weighted by Crippen LogP contribution is -2.17. The van der Waals surface area contributed by atoms with Gasteiger partial charge in [-0.1, -0.05) is 5.16 Å². The van der Waals surface area contributed by atoms with E-state index in [1.54, 1.807) is 23.5 Å². The van der Waals surface area contributed by atoms with Gasteiger partial charge in [-0.15, -0.1) is 0 Å². The van der Waals surface area contributed by atoms with Gasteiger partial charge < -0.3 is 5.73 Å². The maximum atomic E-state index is 10.2. The number of oxime groups is 1. The molecule has 0 saturated carbocycles. The fraction of sp³-hybridized carbons (Fsp3) is 0.667. The normalized spacial score (nSPS) is 26.1. The van der Waals surface area contributed by atoms with E-state index in [0.717, 1.165) is 17.2 Å². The number of thioether (sulfide) groups is 2. The molecule has 1 amide bonds. The molecule has 1 aliphatic heterocycles. The van der Waals surface area contributed by atoms with Crippen molar-refractivity contribution >= 4 is 35.3 Å². The van der Waals surface area contributed by atoms with E-state index in [4.69, 9.17) is 5.73 Å². The molecular formula is C6H10N2O2S2. The minimum absolute atomic E-state index is 0.370. The van der Waals surface area contributed by atoms with Crippen molar-refractivity contribution < 1.29 is 9.63 Å². The summed E-state index contributed by atoms with van der Waals surface area (Å²) in [4.78, 5) is 14.6. The Bertz CT molecular complexity index is 208. The van der Waals surface area contributed by atoms with Crippen LogP contribution in [-0.4, -0.2) is 34.8 Å². The predicted octanol–water partition coefficient (Wildman–Crippen LogP) is 0.916. The summed E-state index contributed by atoms with van der Waals surface area (Å²) in [6, 6.07) is 0. The number of nitrogens with two attached hydrogens (primary N) is 1. The molecule has 1 heterocycles. The van der Waals surface area contributed by atoms with Crippen LogP contribution >= 0.6 is 23.5 Å². The molecule has 1 unspecified atom stereocenters. The molecule has 0 aliphatic carbocycles. The molecule has 1 aliphatic rings. The summed E-state index contributed by atoms with van der Waals surface area (Å²) in [5.74, 6) is 1.86. The second-order valence-electron chi connectivity index (χ2n) is 2.23. The zero-order valence-corrected chi connectivity index (χ0v) is 8.28. The van der Waals surface area contributed by atoms with Gasteiger partial charge in [-0.25, -0.2) is 4.79 Å². The largest absolute Gasteiger partial charge is 0.430 e. The quantitative estimate of drug-likeness (QED) is 0.539. The highest BCUT2D eigenvalue weighted by molar-refractivity contribution is 8.05. The van der Waals surface area contributed by atoms with Gasteiger partial charge in [0.05, 0.1) is 11.0 Å². The van der Waals surface area contributed by atoms with Gasteiger partial charge in [0.25, 0.3) is 0 Å². The average molecular weight is 206 g/mol. The third-order valence-corrected chi connectivity index (χ3v) is 3.72. The lowest BCUT2D eigenvalue weighted by Gasteiger charge is -2.03. The zero-order valence-electron chi connectivity index (χ0n) is 6.65. The number of rotatable bonds is 2. The van der Waals surface area contributed by atoms with Gasteiger partial charge >= 0.3 is 6.09 Å². The van der Waals surface area contributed by atoms with E-state index < -0.39 is 6.09 Å². The van der Waals surface area contributed by atoms with Crippen molar-refractivity contribution in [2.75, 3.05) is 17.8 Å². The number of hydrogen-bond acceptors (Lipinski definition) is 5. The standard InChI is InChI=1S/C6H10N2O2S2/c1-11-5-3-12-2-4(5)8-10-6(7)9/h5H,2-3H2,1H3,(H2,7,9). The third kappa shape index (κ3) is 2.60. The monoisotopic (exact) mass is 206 g/mol. The molecule has 12 heavy (non-hydrogen) atoms. The van der Waals surface area contributed by atoms with Crippen LogP contribution in [0.1, 0.15) is 0 Å². The highest BCUT2D eigenvalue weighted by Gasteiger charge is 2.22. The number of amides is 1. The summed E-state index contributed by atoms with van der Waals surface area (Å²) < 4.78 is 0. The van der Waals surface area contributed by atoms with Gasteiger partial charge in [-0.2, -0.15) is 23.5 Å². The van der Waals surface area contributed by atoms with Crippen LogP contribution in [-0.2, 0) is 4.84 Å².